The molecule has 0 spiro atoms. The summed E-state index contributed by atoms with van der Waals surface area (Å²) in [4.78, 5) is 4.00. The highest BCUT2D eigenvalue weighted by Crippen LogP contribution is 2.04. The van der Waals surface area contributed by atoms with Crippen LogP contribution < -0.4 is 0 Å². The van der Waals surface area contributed by atoms with E-state index in [1.807, 2.05) is 26.4 Å². The Hall–Kier alpha value is -1.57. The van der Waals surface area contributed by atoms with Gasteiger partial charge in [-0.25, -0.2) is 4.98 Å². The van der Waals surface area contributed by atoms with Gasteiger partial charge in [0, 0.05) is 18.9 Å². The number of imidazole rings is 1. The molecule has 0 saturated heterocycles. The number of hydrogen-bond acceptors (Lipinski definition) is 1. The molecule has 0 amide bonds. The fraction of sp³-hybridized carbons (Fsp3) is 0.308. The third kappa shape index (κ3) is 3.58. The summed E-state index contributed by atoms with van der Waals surface area (Å²) >= 11 is 0. The molecule has 2 aromatic rings. The molecule has 1 aromatic heterocycles. The highest BCUT2D eigenvalue weighted by molar-refractivity contribution is 5.21. The van der Waals surface area contributed by atoms with Crippen LogP contribution in [-0.4, -0.2) is 9.55 Å². The highest BCUT2D eigenvalue weighted by atomic mass is 15.0. The number of aryl methyl sites for hydroxylation is 1. The van der Waals surface area contributed by atoms with Gasteiger partial charge in [0.15, 0.2) is 0 Å². The zero-order valence-corrected chi connectivity index (χ0v) is 9.64. The molecule has 1 heterocycles. The summed E-state index contributed by atoms with van der Waals surface area (Å²) in [6.07, 6.45) is 5.61. The molecular weight excluding hydrogens is 184 g/mol. The standard InChI is InChI=1S/C11H12N2.C2H6/c1-10-2-4-11(5-3-10)8-13-7-6-12-9-13;1-2/h2-7,9H,8H2,1H3;1-2H3. The first-order valence-corrected chi connectivity index (χ1v) is 5.36. The third-order valence-electron chi connectivity index (χ3n) is 2.04. The van der Waals surface area contributed by atoms with E-state index in [4.69, 9.17) is 0 Å². The Morgan fingerprint density at radius 3 is 2.33 bits per heavy atom. The molecule has 0 fully saturated rings. The quantitative estimate of drug-likeness (QED) is 0.731. The zero-order chi connectivity index (χ0) is 11.1. The van der Waals surface area contributed by atoms with Gasteiger partial charge in [0.25, 0.3) is 0 Å². The molecule has 0 bridgehead atoms. The van der Waals surface area contributed by atoms with Crippen LogP contribution in [-0.2, 0) is 6.54 Å². The van der Waals surface area contributed by atoms with Gasteiger partial charge < -0.3 is 4.57 Å². The number of hydrogen-bond donors (Lipinski definition) is 0. The van der Waals surface area contributed by atoms with Gasteiger partial charge in [-0.05, 0) is 12.5 Å². The van der Waals surface area contributed by atoms with E-state index in [-0.39, 0.29) is 0 Å². The van der Waals surface area contributed by atoms with Crippen molar-refractivity contribution in [2.45, 2.75) is 27.3 Å². The maximum atomic E-state index is 4.00. The summed E-state index contributed by atoms with van der Waals surface area (Å²) in [6.45, 7) is 7.00. The molecule has 0 aliphatic heterocycles. The van der Waals surface area contributed by atoms with E-state index in [9.17, 15) is 0 Å². The molecule has 0 radical (unpaired) electrons. The Labute approximate surface area is 91.6 Å². The van der Waals surface area contributed by atoms with Crippen LogP contribution in [0, 0.1) is 6.92 Å². The molecule has 0 unspecified atom stereocenters. The molecule has 80 valence electrons. The van der Waals surface area contributed by atoms with Crippen LogP contribution in [0.1, 0.15) is 25.0 Å². The van der Waals surface area contributed by atoms with E-state index in [0.29, 0.717) is 0 Å². The Morgan fingerprint density at radius 1 is 1.13 bits per heavy atom. The van der Waals surface area contributed by atoms with Crippen molar-refractivity contribution in [1.82, 2.24) is 9.55 Å². The normalized spacial score (nSPS) is 9.27. The number of nitrogens with zero attached hydrogens (tertiary/aromatic N) is 2. The van der Waals surface area contributed by atoms with E-state index >= 15 is 0 Å². The van der Waals surface area contributed by atoms with E-state index in [0.717, 1.165) is 6.54 Å². The maximum absolute atomic E-state index is 4.00. The second-order valence-electron chi connectivity index (χ2n) is 3.22. The summed E-state index contributed by atoms with van der Waals surface area (Å²) in [5.74, 6) is 0. The zero-order valence-electron chi connectivity index (χ0n) is 9.64. The number of aromatic nitrogens is 2. The molecule has 2 rings (SSSR count). The van der Waals surface area contributed by atoms with Crippen LogP contribution in [0.4, 0.5) is 0 Å². The largest absolute Gasteiger partial charge is 0.333 e. The topological polar surface area (TPSA) is 17.8 Å². The average molecular weight is 202 g/mol. The lowest BCUT2D eigenvalue weighted by molar-refractivity contribution is 0.797. The highest BCUT2D eigenvalue weighted by Gasteiger charge is 1.92. The molecule has 0 saturated carbocycles. The minimum Gasteiger partial charge on any atom is -0.333 e. The molecule has 0 atom stereocenters. The minimum absolute atomic E-state index is 0.903. The van der Waals surface area contributed by atoms with Crippen LogP contribution in [0.15, 0.2) is 43.0 Å². The van der Waals surface area contributed by atoms with Crippen LogP contribution in [0.25, 0.3) is 0 Å². The summed E-state index contributed by atoms with van der Waals surface area (Å²) in [6, 6.07) is 8.56. The molecule has 15 heavy (non-hydrogen) atoms. The van der Waals surface area contributed by atoms with Crippen LogP contribution in [0.5, 0.6) is 0 Å². The van der Waals surface area contributed by atoms with Gasteiger partial charge in [-0.15, -0.1) is 0 Å². The van der Waals surface area contributed by atoms with Gasteiger partial charge in [0.2, 0.25) is 0 Å². The summed E-state index contributed by atoms with van der Waals surface area (Å²) < 4.78 is 2.06. The van der Waals surface area contributed by atoms with Gasteiger partial charge in [-0.1, -0.05) is 43.7 Å². The van der Waals surface area contributed by atoms with Gasteiger partial charge >= 0.3 is 0 Å². The fourth-order valence-corrected chi connectivity index (χ4v) is 1.28. The van der Waals surface area contributed by atoms with Crippen LogP contribution in [0.3, 0.4) is 0 Å². The first-order chi connectivity index (χ1) is 7.34. The first kappa shape index (κ1) is 11.5. The minimum atomic E-state index is 0.903. The maximum Gasteiger partial charge on any atom is 0.0949 e. The molecular formula is C13H18N2. The van der Waals surface area contributed by atoms with Gasteiger partial charge in [0.05, 0.1) is 6.33 Å². The Balaban J connectivity index is 0.000000531. The Morgan fingerprint density at radius 2 is 1.80 bits per heavy atom. The number of rotatable bonds is 2. The summed E-state index contributed by atoms with van der Waals surface area (Å²) in [5, 5.41) is 0. The lowest BCUT2D eigenvalue weighted by Crippen LogP contribution is -1.95. The predicted octanol–water partition coefficient (Wildman–Crippen LogP) is 3.27. The van der Waals surface area contributed by atoms with Crippen molar-refractivity contribution in [3.05, 3.63) is 54.1 Å². The SMILES string of the molecule is CC.Cc1ccc(Cn2ccnc2)cc1. The van der Waals surface area contributed by atoms with Crippen molar-refractivity contribution in [2.75, 3.05) is 0 Å². The van der Waals surface area contributed by atoms with Crippen molar-refractivity contribution in [3.63, 3.8) is 0 Å². The van der Waals surface area contributed by atoms with Crippen LogP contribution in [0.2, 0.25) is 0 Å². The fourth-order valence-electron chi connectivity index (χ4n) is 1.28. The van der Waals surface area contributed by atoms with Crippen molar-refractivity contribution in [1.29, 1.82) is 0 Å². The summed E-state index contributed by atoms with van der Waals surface area (Å²) in [5.41, 5.74) is 2.61. The average Bonchev–Trinajstić information content (AvgIpc) is 2.77. The molecule has 2 heteroatoms. The smallest absolute Gasteiger partial charge is 0.0949 e. The van der Waals surface area contributed by atoms with Crippen LogP contribution >= 0.6 is 0 Å². The van der Waals surface area contributed by atoms with Crippen molar-refractivity contribution in [3.8, 4) is 0 Å². The Kier molecular flexibility index (Phi) is 4.61. The first-order valence-electron chi connectivity index (χ1n) is 5.36. The van der Waals surface area contributed by atoms with E-state index < -0.39 is 0 Å². The summed E-state index contributed by atoms with van der Waals surface area (Å²) in [7, 11) is 0. The Bertz CT molecular complexity index is 360. The lowest BCUT2D eigenvalue weighted by Gasteiger charge is -2.02. The molecule has 2 nitrogen and oxygen atoms in total. The third-order valence-corrected chi connectivity index (χ3v) is 2.04. The second-order valence-corrected chi connectivity index (χ2v) is 3.22. The van der Waals surface area contributed by atoms with Crippen molar-refractivity contribution >= 4 is 0 Å². The molecule has 0 aliphatic rings. The number of benzene rings is 1. The van der Waals surface area contributed by atoms with Crippen molar-refractivity contribution < 1.29 is 0 Å². The van der Waals surface area contributed by atoms with E-state index in [1.165, 1.54) is 11.1 Å². The molecule has 0 N–H and O–H groups in total. The van der Waals surface area contributed by atoms with E-state index in [2.05, 4.69) is 40.7 Å². The predicted molar refractivity (Wildman–Crippen MR) is 63.9 cm³/mol. The van der Waals surface area contributed by atoms with E-state index in [1.54, 1.807) is 6.20 Å². The van der Waals surface area contributed by atoms with Gasteiger partial charge in [-0.2, -0.15) is 0 Å². The van der Waals surface area contributed by atoms with Gasteiger partial charge in [0.1, 0.15) is 0 Å². The van der Waals surface area contributed by atoms with Crippen molar-refractivity contribution in [2.24, 2.45) is 0 Å². The lowest BCUT2D eigenvalue weighted by atomic mass is 10.1. The van der Waals surface area contributed by atoms with Gasteiger partial charge in [-0.3, -0.25) is 0 Å². The molecule has 1 aromatic carbocycles. The monoisotopic (exact) mass is 202 g/mol. The second kappa shape index (κ2) is 6.02. The molecule has 0 aliphatic carbocycles.